The molecule has 0 radical (unpaired) electrons. The fourth-order valence-corrected chi connectivity index (χ4v) is 4.60. The summed E-state index contributed by atoms with van der Waals surface area (Å²) < 4.78 is 26.8. The van der Waals surface area contributed by atoms with Gasteiger partial charge in [0.15, 0.2) is 5.13 Å². The molecule has 8 heteroatoms. The van der Waals surface area contributed by atoms with Crippen LogP contribution < -0.4 is 5.32 Å². The quantitative estimate of drug-likeness (QED) is 0.903. The molecule has 0 bridgehead atoms. The Kier molecular flexibility index (Phi) is 4.98. The summed E-state index contributed by atoms with van der Waals surface area (Å²) in [7, 11) is -3.49. The molecule has 0 spiro atoms. The molecule has 1 aliphatic heterocycles. The summed E-state index contributed by atoms with van der Waals surface area (Å²) in [6.07, 6.45) is 3.37. The lowest BCUT2D eigenvalue weighted by Crippen LogP contribution is -2.37. The van der Waals surface area contributed by atoms with E-state index in [2.05, 4.69) is 17.2 Å². The second-order valence-corrected chi connectivity index (χ2v) is 8.73. The van der Waals surface area contributed by atoms with Crippen LogP contribution in [0, 0.1) is 5.92 Å². The van der Waals surface area contributed by atoms with Crippen LogP contribution in [-0.2, 0) is 10.0 Å². The number of sulfonamides is 1. The molecule has 2 heterocycles. The number of nitrogens with one attached hydrogen (secondary N) is 1. The first-order chi connectivity index (χ1) is 11.5. The maximum atomic E-state index is 12.6. The molecule has 1 fully saturated rings. The lowest BCUT2D eigenvalue weighted by molar-refractivity contribution is 0.102. The average molecular weight is 365 g/mol. The van der Waals surface area contributed by atoms with E-state index in [4.69, 9.17) is 0 Å². The molecule has 6 nitrogen and oxygen atoms in total. The zero-order chi connectivity index (χ0) is 17.2. The predicted molar refractivity (Wildman–Crippen MR) is 93.7 cm³/mol. The van der Waals surface area contributed by atoms with Crippen molar-refractivity contribution in [3.8, 4) is 0 Å². The predicted octanol–water partition coefficient (Wildman–Crippen LogP) is 2.82. The number of carbonyl (C=O) groups is 1. The van der Waals surface area contributed by atoms with Crippen molar-refractivity contribution in [2.24, 2.45) is 5.92 Å². The van der Waals surface area contributed by atoms with Crippen LogP contribution in [0.25, 0.3) is 0 Å². The van der Waals surface area contributed by atoms with E-state index in [9.17, 15) is 13.2 Å². The number of nitrogens with zero attached hydrogens (tertiary/aromatic N) is 2. The normalized spacial score (nSPS) is 16.9. The van der Waals surface area contributed by atoms with Crippen molar-refractivity contribution in [3.63, 3.8) is 0 Å². The van der Waals surface area contributed by atoms with E-state index >= 15 is 0 Å². The highest BCUT2D eigenvalue weighted by atomic mass is 32.2. The molecule has 3 rings (SSSR count). The summed E-state index contributed by atoms with van der Waals surface area (Å²) in [6, 6.07) is 6.04. The minimum absolute atomic E-state index is 0.225. The molecule has 1 N–H and O–H groups in total. The number of aromatic nitrogens is 1. The molecule has 1 saturated heterocycles. The van der Waals surface area contributed by atoms with Crippen molar-refractivity contribution in [3.05, 3.63) is 41.4 Å². The number of hydrogen-bond acceptors (Lipinski definition) is 5. The number of anilines is 1. The molecule has 1 amide bonds. The van der Waals surface area contributed by atoms with Crippen LogP contribution in [0.4, 0.5) is 5.13 Å². The smallest absolute Gasteiger partial charge is 0.257 e. The van der Waals surface area contributed by atoms with E-state index in [0.717, 1.165) is 12.8 Å². The third-order valence-corrected chi connectivity index (χ3v) is 6.75. The van der Waals surface area contributed by atoms with Crippen LogP contribution in [0.15, 0.2) is 40.7 Å². The second kappa shape index (κ2) is 7.00. The van der Waals surface area contributed by atoms with Crippen LogP contribution >= 0.6 is 11.3 Å². The Morgan fingerprint density at radius 1 is 1.25 bits per heavy atom. The molecule has 0 aliphatic carbocycles. The van der Waals surface area contributed by atoms with Gasteiger partial charge in [0, 0.05) is 30.2 Å². The van der Waals surface area contributed by atoms with E-state index < -0.39 is 10.0 Å². The van der Waals surface area contributed by atoms with E-state index in [1.54, 1.807) is 11.6 Å². The molecule has 2 aromatic rings. The highest BCUT2D eigenvalue weighted by Crippen LogP contribution is 2.23. The van der Waals surface area contributed by atoms with Gasteiger partial charge in [0.25, 0.3) is 5.91 Å². The fourth-order valence-electron chi connectivity index (χ4n) is 2.61. The Morgan fingerprint density at radius 2 is 1.92 bits per heavy atom. The molecule has 128 valence electrons. The Morgan fingerprint density at radius 3 is 2.50 bits per heavy atom. The maximum Gasteiger partial charge on any atom is 0.257 e. The molecular weight excluding hydrogens is 346 g/mol. The fraction of sp³-hybridized carbons (Fsp3) is 0.375. The third kappa shape index (κ3) is 3.66. The van der Waals surface area contributed by atoms with Gasteiger partial charge in [0.1, 0.15) is 0 Å². The summed E-state index contributed by atoms with van der Waals surface area (Å²) in [5, 5.41) is 4.95. The van der Waals surface area contributed by atoms with Gasteiger partial charge in [0.2, 0.25) is 10.0 Å². The van der Waals surface area contributed by atoms with Crippen molar-refractivity contribution in [1.82, 2.24) is 9.29 Å². The Hall–Kier alpha value is -1.77. The zero-order valence-corrected chi connectivity index (χ0v) is 14.9. The highest BCUT2D eigenvalue weighted by Gasteiger charge is 2.28. The van der Waals surface area contributed by atoms with Crippen LogP contribution in [0.2, 0.25) is 0 Å². The van der Waals surface area contributed by atoms with Gasteiger partial charge < -0.3 is 0 Å². The van der Waals surface area contributed by atoms with E-state index in [-0.39, 0.29) is 10.8 Å². The highest BCUT2D eigenvalue weighted by molar-refractivity contribution is 7.89. The average Bonchev–Trinajstić information content (AvgIpc) is 3.08. The number of benzene rings is 1. The number of piperidine rings is 1. The van der Waals surface area contributed by atoms with Gasteiger partial charge in [-0.2, -0.15) is 4.31 Å². The van der Waals surface area contributed by atoms with E-state index in [0.29, 0.717) is 29.7 Å². The maximum absolute atomic E-state index is 12.6. The monoisotopic (exact) mass is 365 g/mol. The molecule has 0 atom stereocenters. The SMILES string of the molecule is CC1CCN(S(=O)(=O)c2ccc(C(=O)Nc3nccs3)cc2)CC1. The summed E-state index contributed by atoms with van der Waals surface area (Å²) in [5.41, 5.74) is 0.399. The van der Waals surface area contributed by atoms with E-state index in [1.807, 2.05) is 0 Å². The van der Waals surface area contributed by atoms with Crippen molar-refractivity contribution in [2.45, 2.75) is 24.7 Å². The second-order valence-electron chi connectivity index (χ2n) is 5.90. The minimum Gasteiger partial charge on any atom is -0.298 e. The van der Waals surface area contributed by atoms with Crippen LogP contribution in [0.5, 0.6) is 0 Å². The largest absolute Gasteiger partial charge is 0.298 e. The van der Waals surface area contributed by atoms with Crippen LogP contribution in [0.1, 0.15) is 30.1 Å². The minimum atomic E-state index is -3.49. The van der Waals surface area contributed by atoms with Crippen molar-refractivity contribution >= 4 is 32.4 Å². The molecule has 1 aliphatic rings. The van der Waals surface area contributed by atoms with Crippen molar-refractivity contribution in [1.29, 1.82) is 0 Å². The topological polar surface area (TPSA) is 79.4 Å². The molecule has 0 unspecified atom stereocenters. The molecule has 1 aromatic carbocycles. The Labute approximate surface area is 145 Å². The first kappa shape index (κ1) is 17.1. The molecule has 0 saturated carbocycles. The van der Waals surface area contributed by atoms with Gasteiger partial charge in [-0.3, -0.25) is 10.1 Å². The summed E-state index contributed by atoms with van der Waals surface area (Å²) >= 11 is 1.33. The molecular formula is C16H19N3O3S2. The van der Waals surface area contributed by atoms with Crippen molar-refractivity contribution in [2.75, 3.05) is 18.4 Å². The van der Waals surface area contributed by atoms with E-state index in [1.165, 1.54) is 39.9 Å². The third-order valence-electron chi connectivity index (χ3n) is 4.15. The molecule has 1 aromatic heterocycles. The van der Waals surface area contributed by atoms with Crippen LogP contribution in [-0.4, -0.2) is 36.7 Å². The number of hydrogen-bond donors (Lipinski definition) is 1. The Balaban J connectivity index is 1.72. The first-order valence-electron chi connectivity index (χ1n) is 7.78. The lowest BCUT2D eigenvalue weighted by atomic mass is 10.0. The standard InChI is InChI=1S/C16H19N3O3S2/c1-12-6-9-19(10-7-12)24(21,22)14-4-2-13(3-5-14)15(20)18-16-17-8-11-23-16/h2-5,8,11-12H,6-7,9-10H2,1H3,(H,17,18,20). The zero-order valence-electron chi connectivity index (χ0n) is 13.3. The first-order valence-corrected chi connectivity index (χ1v) is 10.1. The van der Waals surface area contributed by atoms with Crippen LogP contribution in [0.3, 0.4) is 0 Å². The van der Waals surface area contributed by atoms with Gasteiger partial charge in [0.05, 0.1) is 4.90 Å². The Bertz CT molecular complexity index is 794. The van der Waals surface area contributed by atoms with Crippen molar-refractivity contribution < 1.29 is 13.2 Å². The summed E-state index contributed by atoms with van der Waals surface area (Å²) in [5.74, 6) is 0.258. The van der Waals surface area contributed by atoms with Gasteiger partial charge in [-0.25, -0.2) is 13.4 Å². The number of rotatable bonds is 4. The number of amides is 1. The van der Waals surface area contributed by atoms with Gasteiger partial charge in [-0.05, 0) is 43.0 Å². The summed E-state index contributed by atoms with van der Waals surface area (Å²) in [4.78, 5) is 16.3. The van der Waals surface area contributed by atoms with Gasteiger partial charge in [-0.15, -0.1) is 11.3 Å². The number of carbonyl (C=O) groups excluding carboxylic acids is 1. The molecule has 24 heavy (non-hydrogen) atoms. The number of thiazole rings is 1. The lowest BCUT2D eigenvalue weighted by Gasteiger charge is -2.29. The van der Waals surface area contributed by atoms with Gasteiger partial charge in [-0.1, -0.05) is 6.92 Å². The van der Waals surface area contributed by atoms with Gasteiger partial charge >= 0.3 is 0 Å². The summed E-state index contributed by atoms with van der Waals surface area (Å²) in [6.45, 7) is 3.24.